The Kier molecular flexibility index (Phi) is 2.91. The Labute approximate surface area is 89.2 Å². The molecule has 0 heterocycles. The van der Waals surface area contributed by atoms with Crippen LogP contribution in [0.2, 0.25) is 0 Å². The van der Waals surface area contributed by atoms with Gasteiger partial charge >= 0.3 is 0 Å². The fourth-order valence-corrected chi connectivity index (χ4v) is 2.26. The summed E-state index contributed by atoms with van der Waals surface area (Å²) in [4.78, 5) is 0. The Bertz CT molecular complexity index is 353. The van der Waals surface area contributed by atoms with E-state index in [0.29, 0.717) is 5.75 Å². The van der Waals surface area contributed by atoms with Crippen molar-refractivity contribution < 1.29 is 9.13 Å². The predicted octanol–water partition coefficient (Wildman–Crippen LogP) is 2.43. The van der Waals surface area contributed by atoms with Gasteiger partial charge in [-0.05, 0) is 36.8 Å². The van der Waals surface area contributed by atoms with Crippen molar-refractivity contribution in [2.24, 2.45) is 5.73 Å². The largest absolute Gasteiger partial charge is 0.497 e. The highest BCUT2D eigenvalue weighted by molar-refractivity contribution is 5.31. The van der Waals surface area contributed by atoms with Crippen LogP contribution >= 0.6 is 0 Å². The topological polar surface area (TPSA) is 35.2 Å². The van der Waals surface area contributed by atoms with Gasteiger partial charge in [0.25, 0.3) is 0 Å². The van der Waals surface area contributed by atoms with Gasteiger partial charge in [0.05, 0.1) is 7.11 Å². The third-order valence-corrected chi connectivity index (χ3v) is 3.12. The molecule has 0 amide bonds. The minimum Gasteiger partial charge on any atom is -0.497 e. The van der Waals surface area contributed by atoms with Crippen molar-refractivity contribution >= 4 is 0 Å². The lowest BCUT2D eigenvalue weighted by atomic mass is 9.97. The van der Waals surface area contributed by atoms with Crippen molar-refractivity contribution in [2.75, 3.05) is 7.11 Å². The summed E-state index contributed by atoms with van der Waals surface area (Å²) in [5, 5.41) is 0. The van der Waals surface area contributed by atoms with E-state index in [-0.39, 0.29) is 17.8 Å². The summed E-state index contributed by atoms with van der Waals surface area (Å²) in [6.45, 7) is 0. The minimum atomic E-state index is -0.173. The maximum atomic E-state index is 13.7. The smallest absolute Gasteiger partial charge is 0.130 e. The molecule has 82 valence electrons. The number of methoxy groups -OCH3 is 1. The fourth-order valence-electron chi connectivity index (χ4n) is 2.26. The van der Waals surface area contributed by atoms with Crippen LogP contribution in [0.1, 0.15) is 30.7 Å². The number of ether oxygens (including phenoxy) is 1. The average molecular weight is 209 g/mol. The van der Waals surface area contributed by atoms with Crippen LogP contribution in [-0.2, 0) is 0 Å². The zero-order valence-electron chi connectivity index (χ0n) is 8.87. The first-order valence-corrected chi connectivity index (χ1v) is 5.29. The van der Waals surface area contributed by atoms with E-state index in [4.69, 9.17) is 10.5 Å². The molecule has 1 aliphatic carbocycles. The average Bonchev–Trinajstić information content (AvgIpc) is 2.64. The number of halogens is 1. The Hall–Kier alpha value is -1.09. The van der Waals surface area contributed by atoms with Crippen LogP contribution in [0.3, 0.4) is 0 Å². The van der Waals surface area contributed by atoms with Crippen molar-refractivity contribution in [2.45, 2.75) is 31.2 Å². The number of benzene rings is 1. The molecule has 1 aromatic carbocycles. The van der Waals surface area contributed by atoms with Crippen LogP contribution < -0.4 is 10.5 Å². The SMILES string of the molecule is COc1ccc(C2CCC(N)C2)c(F)c1. The van der Waals surface area contributed by atoms with E-state index in [1.165, 1.54) is 6.07 Å². The predicted molar refractivity (Wildman–Crippen MR) is 57.5 cm³/mol. The normalized spacial score (nSPS) is 25.5. The summed E-state index contributed by atoms with van der Waals surface area (Å²) in [7, 11) is 1.54. The Morgan fingerprint density at radius 3 is 2.73 bits per heavy atom. The summed E-state index contributed by atoms with van der Waals surface area (Å²) in [6, 6.07) is 5.30. The zero-order chi connectivity index (χ0) is 10.8. The molecule has 2 nitrogen and oxygen atoms in total. The van der Waals surface area contributed by atoms with Crippen LogP contribution in [0, 0.1) is 5.82 Å². The maximum absolute atomic E-state index is 13.7. The van der Waals surface area contributed by atoms with Gasteiger partial charge in [0.2, 0.25) is 0 Å². The molecule has 3 heteroatoms. The lowest BCUT2D eigenvalue weighted by molar-refractivity contribution is 0.410. The molecule has 1 aliphatic rings. The van der Waals surface area contributed by atoms with Gasteiger partial charge in [0.15, 0.2) is 0 Å². The Morgan fingerprint density at radius 2 is 2.20 bits per heavy atom. The number of nitrogens with two attached hydrogens (primary N) is 1. The quantitative estimate of drug-likeness (QED) is 0.811. The van der Waals surface area contributed by atoms with E-state index in [1.807, 2.05) is 12.1 Å². The first-order chi connectivity index (χ1) is 7.20. The first kappa shape index (κ1) is 10.4. The highest BCUT2D eigenvalue weighted by Crippen LogP contribution is 2.35. The van der Waals surface area contributed by atoms with Gasteiger partial charge < -0.3 is 10.5 Å². The molecule has 2 N–H and O–H groups in total. The molecule has 0 spiro atoms. The Morgan fingerprint density at radius 1 is 1.40 bits per heavy atom. The highest BCUT2D eigenvalue weighted by atomic mass is 19.1. The second-order valence-electron chi connectivity index (χ2n) is 4.16. The summed E-state index contributed by atoms with van der Waals surface area (Å²) in [5.41, 5.74) is 6.60. The molecule has 0 radical (unpaired) electrons. The highest BCUT2D eigenvalue weighted by Gasteiger charge is 2.25. The van der Waals surface area contributed by atoms with E-state index in [0.717, 1.165) is 24.8 Å². The molecule has 2 rings (SSSR count). The molecule has 2 atom stereocenters. The standard InChI is InChI=1S/C12H16FNO/c1-15-10-4-5-11(12(13)7-10)8-2-3-9(14)6-8/h4-5,7-9H,2-3,6,14H2,1H3. The minimum absolute atomic E-state index is 0.173. The van der Waals surface area contributed by atoms with Gasteiger partial charge in [-0.25, -0.2) is 4.39 Å². The molecule has 0 aliphatic heterocycles. The molecule has 1 aromatic rings. The Balaban J connectivity index is 2.21. The van der Waals surface area contributed by atoms with Crippen LogP contribution in [0.25, 0.3) is 0 Å². The molecular formula is C12H16FNO. The van der Waals surface area contributed by atoms with Crippen molar-refractivity contribution in [1.82, 2.24) is 0 Å². The fraction of sp³-hybridized carbons (Fsp3) is 0.500. The van der Waals surface area contributed by atoms with E-state index in [2.05, 4.69) is 0 Å². The second kappa shape index (κ2) is 4.19. The van der Waals surface area contributed by atoms with E-state index in [9.17, 15) is 4.39 Å². The third-order valence-electron chi connectivity index (χ3n) is 3.12. The van der Waals surface area contributed by atoms with Gasteiger partial charge in [-0.3, -0.25) is 0 Å². The van der Waals surface area contributed by atoms with Crippen LogP contribution in [-0.4, -0.2) is 13.2 Å². The van der Waals surface area contributed by atoms with Crippen molar-refractivity contribution in [3.63, 3.8) is 0 Å². The monoisotopic (exact) mass is 209 g/mol. The lowest BCUT2D eigenvalue weighted by Gasteiger charge is -2.12. The van der Waals surface area contributed by atoms with Gasteiger partial charge in [-0.1, -0.05) is 6.07 Å². The van der Waals surface area contributed by atoms with E-state index in [1.54, 1.807) is 7.11 Å². The number of hydrogen-bond donors (Lipinski definition) is 1. The lowest BCUT2D eigenvalue weighted by Crippen LogP contribution is -2.14. The number of rotatable bonds is 2. The van der Waals surface area contributed by atoms with E-state index >= 15 is 0 Å². The van der Waals surface area contributed by atoms with Crippen LogP contribution in [0.4, 0.5) is 4.39 Å². The van der Waals surface area contributed by atoms with Gasteiger partial charge in [0.1, 0.15) is 11.6 Å². The van der Waals surface area contributed by atoms with Crippen molar-refractivity contribution in [3.05, 3.63) is 29.6 Å². The third kappa shape index (κ3) is 2.12. The van der Waals surface area contributed by atoms with Gasteiger partial charge in [0, 0.05) is 12.1 Å². The summed E-state index contributed by atoms with van der Waals surface area (Å²) >= 11 is 0. The van der Waals surface area contributed by atoms with Crippen LogP contribution in [0.15, 0.2) is 18.2 Å². The molecule has 0 saturated heterocycles. The van der Waals surface area contributed by atoms with Crippen molar-refractivity contribution in [1.29, 1.82) is 0 Å². The summed E-state index contributed by atoms with van der Waals surface area (Å²) < 4.78 is 18.7. The maximum Gasteiger partial charge on any atom is 0.130 e. The molecule has 2 unspecified atom stereocenters. The molecule has 15 heavy (non-hydrogen) atoms. The van der Waals surface area contributed by atoms with Gasteiger partial charge in [-0.2, -0.15) is 0 Å². The number of hydrogen-bond acceptors (Lipinski definition) is 2. The summed E-state index contributed by atoms with van der Waals surface area (Å²) in [5.74, 6) is 0.679. The zero-order valence-corrected chi connectivity index (χ0v) is 8.87. The first-order valence-electron chi connectivity index (χ1n) is 5.29. The molecule has 1 saturated carbocycles. The van der Waals surface area contributed by atoms with Crippen molar-refractivity contribution in [3.8, 4) is 5.75 Å². The molecule has 0 aromatic heterocycles. The van der Waals surface area contributed by atoms with Gasteiger partial charge in [-0.15, -0.1) is 0 Å². The van der Waals surface area contributed by atoms with Crippen LogP contribution in [0.5, 0.6) is 5.75 Å². The molecular weight excluding hydrogens is 193 g/mol. The summed E-state index contributed by atoms with van der Waals surface area (Å²) in [6.07, 6.45) is 2.88. The molecule has 0 bridgehead atoms. The molecule has 1 fully saturated rings. The second-order valence-corrected chi connectivity index (χ2v) is 4.16. The van der Waals surface area contributed by atoms with E-state index < -0.39 is 0 Å².